The third-order valence-corrected chi connectivity index (χ3v) is 4.81. The van der Waals surface area contributed by atoms with E-state index in [9.17, 15) is 14.7 Å². The van der Waals surface area contributed by atoms with Gasteiger partial charge in [0.05, 0.1) is 12.5 Å². The van der Waals surface area contributed by atoms with E-state index in [0.717, 1.165) is 24.2 Å². The number of carbonyl (C=O) groups excluding carboxylic acids is 2. The van der Waals surface area contributed by atoms with Gasteiger partial charge in [0.15, 0.2) is 0 Å². The minimum absolute atomic E-state index is 0.0435. The Morgan fingerprint density at radius 1 is 1.15 bits per heavy atom. The Morgan fingerprint density at radius 3 is 2.38 bits per heavy atom. The van der Waals surface area contributed by atoms with E-state index < -0.39 is 11.5 Å². The number of nitrogens with one attached hydrogen (secondary N) is 2. The van der Waals surface area contributed by atoms with Gasteiger partial charge in [0.1, 0.15) is 17.5 Å². The minimum atomic E-state index is -0.865. The van der Waals surface area contributed by atoms with E-state index in [1.807, 2.05) is 24.3 Å². The van der Waals surface area contributed by atoms with Crippen molar-refractivity contribution in [2.75, 3.05) is 14.2 Å². The zero-order valence-corrected chi connectivity index (χ0v) is 14.8. The quantitative estimate of drug-likeness (QED) is 0.741. The Bertz CT molecular complexity index is 813. The van der Waals surface area contributed by atoms with Gasteiger partial charge in [-0.25, -0.2) is 0 Å². The van der Waals surface area contributed by atoms with Crippen LogP contribution in [0, 0.1) is 0 Å². The molecule has 6 heteroatoms. The molecule has 136 valence electrons. The van der Waals surface area contributed by atoms with Gasteiger partial charge in [-0.3, -0.25) is 9.59 Å². The molecular formula is C20H22N2O4. The first-order valence-corrected chi connectivity index (χ1v) is 8.46. The Labute approximate surface area is 152 Å². The van der Waals surface area contributed by atoms with Crippen molar-refractivity contribution in [3.63, 3.8) is 0 Å². The van der Waals surface area contributed by atoms with E-state index in [-0.39, 0.29) is 17.6 Å². The molecule has 0 saturated heterocycles. The van der Waals surface area contributed by atoms with Crippen molar-refractivity contribution in [3.8, 4) is 11.5 Å². The van der Waals surface area contributed by atoms with Crippen LogP contribution in [-0.4, -0.2) is 31.1 Å². The third kappa shape index (κ3) is 3.35. The topological polar surface area (TPSA) is 87.7 Å². The average Bonchev–Trinajstić information content (AvgIpc) is 3.47. The number of aromatic hydroxyl groups is 1. The monoisotopic (exact) mass is 354 g/mol. The van der Waals surface area contributed by atoms with E-state index in [1.54, 1.807) is 19.2 Å². The average molecular weight is 354 g/mol. The van der Waals surface area contributed by atoms with Crippen molar-refractivity contribution in [2.24, 2.45) is 0 Å². The summed E-state index contributed by atoms with van der Waals surface area (Å²) in [7, 11) is 3.11. The number of ether oxygens (including phenoxy) is 1. The maximum atomic E-state index is 13.0. The number of hydrogen-bond donors (Lipinski definition) is 3. The summed E-state index contributed by atoms with van der Waals surface area (Å²) in [5.74, 6) is 0.240. The highest BCUT2D eigenvalue weighted by Gasteiger charge is 2.52. The van der Waals surface area contributed by atoms with Crippen LogP contribution in [0.3, 0.4) is 0 Å². The second kappa shape index (κ2) is 7.07. The van der Waals surface area contributed by atoms with E-state index in [1.165, 1.54) is 19.2 Å². The van der Waals surface area contributed by atoms with Gasteiger partial charge in [-0.05, 0) is 48.2 Å². The lowest BCUT2D eigenvalue weighted by Crippen LogP contribution is -2.43. The van der Waals surface area contributed by atoms with Crippen LogP contribution in [-0.2, 0) is 15.0 Å². The number of carbonyl (C=O) groups is 2. The molecule has 0 heterocycles. The summed E-state index contributed by atoms with van der Waals surface area (Å²) < 4.78 is 5.17. The Kier molecular flexibility index (Phi) is 4.84. The predicted octanol–water partition coefficient (Wildman–Crippen LogP) is 2.04. The van der Waals surface area contributed by atoms with Crippen molar-refractivity contribution in [1.82, 2.24) is 10.6 Å². The lowest BCUT2D eigenvalue weighted by Gasteiger charge is -2.22. The largest absolute Gasteiger partial charge is 0.508 e. The first-order chi connectivity index (χ1) is 12.5. The third-order valence-electron chi connectivity index (χ3n) is 4.81. The molecule has 2 aromatic rings. The number of amides is 2. The maximum absolute atomic E-state index is 13.0. The van der Waals surface area contributed by atoms with Gasteiger partial charge >= 0.3 is 0 Å². The first-order valence-electron chi connectivity index (χ1n) is 8.46. The van der Waals surface area contributed by atoms with Crippen molar-refractivity contribution >= 4 is 11.8 Å². The smallest absolute Gasteiger partial charge is 0.246 e. The van der Waals surface area contributed by atoms with E-state index in [2.05, 4.69) is 10.6 Å². The SMILES string of the molecule is CNC(=O)[C@@H](NC(=O)C1(c2ccc(OC)cc2)CC1)c1cccc(O)c1. The Morgan fingerprint density at radius 2 is 1.85 bits per heavy atom. The molecule has 1 saturated carbocycles. The molecule has 2 aromatic carbocycles. The number of phenolic OH excluding ortho intramolecular Hbond substituents is 1. The zero-order chi connectivity index (χ0) is 18.7. The number of hydrogen-bond acceptors (Lipinski definition) is 4. The van der Waals surface area contributed by atoms with Crippen LogP contribution in [0.1, 0.15) is 30.0 Å². The van der Waals surface area contributed by atoms with Crippen LogP contribution >= 0.6 is 0 Å². The second-order valence-corrected chi connectivity index (χ2v) is 6.43. The Hall–Kier alpha value is -3.02. The predicted molar refractivity (Wildman–Crippen MR) is 97.0 cm³/mol. The number of phenols is 1. The summed E-state index contributed by atoms with van der Waals surface area (Å²) in [5, 5.41) is 15.1. The molecule has 0 aliphatic heterocycles. The number of methoxy groups -OCH3 is 1. The summed E-state index contributed by atoms with van der Waals surface area (Å²) >= 11 is 0. The molecule has 6 nitrogen and oxygen atoms in total. The first kappa shape index (κ1) is 17.8. The second-order valence-electron chi connectivity index (χ2n) is 6.43. The van der Waals surface area contributed by atoms with Gasteiger partial charge in [-0.1, -0.05) is 24.3 Å². The van der Waals surface area contributed by atoms with Crippen molar-refractivity contribution < 1.29 is 19.4 Å². The van der Waals surface area contributed by atoms with Crippen molar-refractivity contribution in [1.29, 1.82) is 0 Å². The van der Waals surface area contributed by atoms with Gasteiger partial charge in [-0.2, -0.15) is 0 Å². The highest BCUT2D eigenvalue weighted by atomic mass is 16.5. The molecule has 1 aliphatic carbocycles. The van der Waals surface area contributed by atoms with E-state index in [0.29, 0.717) is 5.56 Å². The van der Waals surface area contributed by atoms with Gasteiger partial charge in [-0.15, -0.1) is 0 Å². The summed E-state index contributed by atoms with van der Waals surface area (Å²) in [6, 6.07) is 12.9. The lowest BCUT2D eigenvalue weighted by atomic mass is 9.94. The molecule has 0 bridgehead atoms. The molecule has 1 atom stereocenters. The van der Waals surface area contributed by atoms with Gasteiger partial charge in [0.2, 0.25) is 11.8 Å². The zero-order valence-electron chi connectivity index (χ0n) is 14.8. The fourth-order valence-electron chi connectivity index (χ4n) is 3.10. The molecule has 0 unspecified atom stereocenters. The molecule has 0 radical (unpaired) electrons. The van der Waals surface area contributed by atoms with E-state index in [4.69, 9.17) is 4.74 Å². The summed E-state index contributed by atoms with van der Waals surface area (Å²) in [4.78, 5) is 25.3. The molecule has 0 spiro atoms. The molecule has 2 amide bonds. The Balaban J connectivity index is 1.84. The van der Waals surface area contributed by atoms with Crippen LogP contribution in [0.25, 0.3) is 0 Å². The van der Waals surface area contributed by atoms with Crippen LogP contribution in [0.2, 0.25) is 0 Å². The highest BCUT2D eigenvalue weighted by molar-refractivity contribution is 5.95. The fourth-order valence-corrected chi connectivity index (χ4v) is 3.10. The molecule has 3 rings (SSSR count). The van der Waals surface area contributed by atoms with Crippen molar-refractivity contribution in [3.05, 3.63) is 59.7 Å². The van der Waals surface area contributed by atoms with Crippen LogP contribution in [0.4, 0.5) is 0 Å². The fraction of sp³-hybridized carbons (Fsp3) is 0.300. The molecule has 26 heavy (non-hydrogen) atoms. The highest BCUT2D eigenvalue weighted by Crippen LogP contribution is 2.49. The minimum Gasteiger partial charge on any atom is -0.508 e. The van der Waals surface area contributed by atoms with Crippen molar-refractivity contribution in [2.45, 2.75) is 24.3 Å². The number of rotatable bonds is 6. The summed E-state index contributed by atoms with van der Waals surface area (Å²) in [6.45, 7) is 0. The molecule has 0 aromatic heterocycles. The maximum Gasteiger partial charge on any atom is 0.246 e. The van der Waals surface area contributed by atoms with Gasteiger partial charge in [0.25, 0.3) is 0 Å². The van der Waals surface area contributed by atoms with Gasteiger partial charge < -0.3 is 20.5 Å². The lowest BCUT2D eigenvalue weighted by molar-refractivity contribution is -0.130. The summed E-state index contributed by atoms with van der Waals surface area (Å²) in [6.07, 6.45) is 1.46. The molecule has 1 fully saturated rings. The number of likely N-dealkylation sites (N-methyl/N-ethyl adjacent to an activating group) is 1. The molecule has 1 aliphatic rings. The molecule has 3 N–H and O–H groups in total. The van der Waals surface area contributed by atoms with E-state index >= 15 is 0 Å². The number of benzene rings is 2. The molecular weight excluding hydrogens is 332 g/mol. The van der Waals surface area contributed by atoms with Crippen LogP contribution < -0.4 is 15.4 Å². The van der Waals surface area contributed by atoms with Crippen LogP contribution in [0.15, 0.2) is 48.5 Å². The van der Waals surface area contributed by atoms with Crippen LogP contribution in [0.5, 0.6) is 11.5 Å². The summed E-state index contributed by atoms with van der Waals surface area (Å²) in [5.41, 5.74) is 0.820. The normalized spacial score (nSPS) is 15.6. The standard InChI is InChI=1S/C20H22N2O4/c1-21-18(24)17(13-4-3-5-15(23)12-13)22-19(25)20(10-11-20)14-6-8-16(26-2)9-7-14/h3-9,12,17,23H,10-11H2,1-2H3,(H,21,24)(H,22,25)/t17-/m0/s1. The van der Waals surface area contributed by atoms with Gasteiger partial charge in [0, 0.05) is 7.05 Å².